The molecule has 4 rings (SSSR count). The number of thioether (sulfide) groups is 1. The fourth-order valence-corrected chi connectivity index (χ4v) is 4.92. The SMILES string of the molecule is C=CCN1C(=O)C(=C2C(=O)N(CC(=O)Nc3ccccc3Cl)c3ccccc32)SC1=S. The van der Waals surface area contributed by atoms with E-state index >= 15 is 0 Å². The summed E-state index contributed by atoms with van der Waals surface area (Å²) < 4.78 is 0.368. The molecule has 31 heavy (non-hydrogen) atoms. The molecule has 0 radical (unpaired) electrons. The third kappa shape index (κ3) is 3.89. The third-order valence-electron chi connectivity index (χ3n) is 4.76. The van der Waals surface area contributed by atoms with Gasteiger partial charge in [-0.1, -0.05) is 72.0 Å². The second-order valence-electron chi connectivity index (χ2n) is 6.71. The summed E-state index contributed by atoms with van der Waals surface area (Å²) in [6, 6.07) is 13.9. The average Bonchev–Trinajstić information content (AvgIpc) is 3.18. The summed E-state index contributed by atoms with van der Waals surface area (Å²) in [6.45, 7) is 3.68. The van der Waals surface area contributed by atoms with Gasteiger partial charge in [-0.25, -0.2) is 0 Å². The molecule has 3 amide bonds. The molecule has 156 valence electrons. The lowest BCUT2D eigenvalue weighted by Gasteiger charge is -2.17. The van der Waals surface area contributed by atoms with Gasteiger partial charge >= 0.3 is 0 Å². The van der Waals surface area contributed by atoms with Crippen LogP contribution in [0, 0.1) is 0 Å². The summed E-state index contributed by atoms with van der Waals surface area (Å²) in [4.78, 5) is 41.9. The molecule has 0 spiro atoms. The Morgan fingerprint density at radius 1 is 1.10 bits per heavy atom. The number of halogens is 1. The lowest BCUT2D eigenvalue weighted by atomic mass is 10.1. The van der Waals surface area contributed by atoms with Crippen molar-refractivity contribution in [3.05, 3.63) is 76.7 Å². The van der Waals surface area contributed by atoms with E-state index in [1.165, 1.54) is 9.80 Å². The maximum atomic E-state index is 13.3. The van der Waals surface area contributed by atoms with Crippen LogP contribution in [0.3, 0.4) is 0 Å². The lowest BCUT2D eigenvalue weighted by Crippen LogP contribution is -2.35. The summed E-state index contributed by atoms with van der Waals surface area (Å²) in [5, 5.41) is 3.12. The first-order valence-electron chi connectivity index (χ1n) is 9.27. The molecule has 2 aliphatic heterocycles. The van der Waals surface area contributed by atoms with Gasteiger partial charge in [0.1, 0.15) is 10.9 Å². The standard InChI is InChI=1S/C22H16ClN3O3S2/c1-2-11-25-21(29)19(31-22(25)30)18-13-7-3-6-10-16(13)26(20(18)28)12-17(27)24-15-9-5-4-8-14(15)23/h2-10H,1,11-12H2,(H,24,27). The minimum Gasteiger partial charge on any atom is -0.323 e. The van der Waals surface area contributed by atoms with Gasteiger partial charge in [-0.15, -0.1) is 6.58 Å². The van der Waals surface area contributed by atoms with Gasteiger partial charge in [0.15, 0.2) is 0 Å². The molecule has 1 saturated heterocycles. The van der Waals surface area contributed by atoms with E-state index < -0.39 is 11.8 Å². The molecule has 1 fully saturated rings. The van der Waals surface area contributed by atoms with E-state index in [1.54, 1.807) is 54.6 Å². The van der Waals surface area contributed by atoms with Crippen molar-refractivity contribution < 1.29 is 14.4 Å². The van der Waals surface area contributed by atoms with Gasteiger partial charge in [0.2, 0.25) is 5.91 Å². The minimum atomic E-state index is -0.422. The van der Waals surface area contributed by atoms with Crippen LogP contribution in [0.15, 0.2) is 66.1 Å². The summed E-state index contributed by atoms with van der Waals surface area (Å²) in [5.74, 6) is -1.17. The van der Waals surface area contributed by atoms with Crippen LogP contribution < -0.4 is 10.2 Å². The highest BCUT2D eigenvalue weighted by molar-refractivity contribution is 8.26. The van der Waals surface area contributed by atoms with Crippen molar-refractivity contribution in [2.75, 3.05) is 23.3 Å². The minimum absolute atomic E-state index is 0.225. The number of nitrogens with one attached hydrogen (secondary N) is 1. The lowest BCUT2D eigenvalue weighted by molar-refractivity contribution is -0.122. The third-order valence-corrected chi connectivity index (χ3v) is 6.54. The average molecular weight is 470 g/mol. The Labute approximate surface area is 193 Å². The number of rotatable bonds is 5. The zero-order chi connectivity index (χ0) is 22.1. The smallest absolute Gasteiger partial charge is 0.267 e. The largest absolute Gasteiger partial charge is 0.323 e. The van der Waals surface area contributed by atoms with E-state index in [1.807, 2.05) is 0 Å². The zero-order valence-corrected chi connectivity index (χ0v) is 18.5. The molecule has 9 heteroatoms. The molecule has 0 aliphatic carbocycles. The number of amides is 3. The second kappa shape index (κ2) is 8.66. The van der Waals surface area contributed by atoms with Crippen LogP contribution in [0.5, 0.6) is 0 Å². The quantitative estimate of drug-likeness (QED) is 0.406. The molecule has 0 atom stereocenters. The molecule has 2 aromatic rings. The van der Waals surface area contributed by atoms with E-state index in [-0.39, 0.29) is 29.5 Å². The number of para-hydroxylation sites is 2. The molecule has 0 unspecified atom stereocenters. The van der Waals surface area contributed by atoms with Crippen LogP contribution in [-0.4, -0.2) is 40.0 Å². The monoisotopic (exact) mass is 469 g/mol. The van der Waals surface area contributed by atoms with E-state index in [0.29, 0.717) is 26.3 Å². The molecule has 2 heterocycles. The fraction of sp³-hybridized carbons (Fsp3) is 0.0909. The number of anilines is 2. The predicted octanol–water partition coefficient (Wildman–Crippen LogP) is 4.08. The van der Waals surface area contributed by atoms with E-state index in [9.17, 15) is 14.4 Å². The topological polar surface area (TPSA) is 69.7 Å². The summed E-state index contributed by atoms with van der Waals surface area (Å²) >= 11 is 12.5. The van der Waals surface area contributed by atoms with E-state index in [0.717, 1.165) is 11.8 Å². The Bertz CT molecular complexity index is 1180. The van der Waals surface area contributed by atoms with Gasteiger partial charge in [-0.05, 0) is 18.2 Å². The van der Waals surface area contributed by atoms with Gasteiger partial charge in [0.05, 0.1) is 26.9 Å². The van der Waals surface area contributed by atoms with Gasteiger partial charge < -0.3 is 5.32 Å². The van der Waals surface area contributed by atoms with Crippen LogP contribution in [0.1, 0.15) is 5.56 Å². The van der Waals surface area contributed by atoms with Gasteiger partial charge in [-0.2, -0.15) is 0 Å². The first-order valence-corrected chi connectivity index (χ1v) is 10.9. The molecular weight excluding hydrogens is 454 g/mol. The molecule has 0 saturated carbocycles. The van der Waals surface area contributed by atoms with Gasteiger partial charge in [0, 0.05) is 12.1 Å². The Kier molecular flexibility index (Phi) is 5.95. The van der Waals surface area contributed by atoms with Crippen LogP contribution in [0.2, 0.25) is 5.02 Å². The van der Waals surface area contributed by atoms with Crippen molar-refractivity contribution >= 4 is 74.6 Å². The number of nitrogens with zero attached hydrogens (tertiary/aromatic N) is 2. The summed E-state index contributed by atoms with van der Waals surface area (Å²) in [5.41, 5.74) is 1.87. The Balaban J connectivity index is 1.66. The number of benzene rings is 2. The van der Waals surface area contributed by atoms with Gasteiger partial charge in [-0.3, -0.25) is 24.2 Å². The Morgan fingerprint density at radius 2 is 1.81 bits per heavy atom. The highest BCUT2D eigenvalue weighted by Gasteiger charge is 2.42. The summed E-state index contributed by atoms with van der Waals surface area (Å²) in [6.07, 6.45) is 1.58. The first-order chi connectivity index (χ1) is 14.9. The van der Waals surface area contributed by atoms with Crippen molar-refractivity contribution in [3.8, 4) is 0 Å². The number of thiocarbonyl (C=S) groups is 1. The van der Waals surface area contributed by atoms with Crippen LogP contribution in [0.4, 0.5) is 11.4 Å². The van der Waals surface area contributed by atoms with Crippen molar-refractivity contribution in [3.63, 3.8) is 0 Å². The molecule has 2 aliphatic rings. The Morgan fingerprint density at radius 3 is 2.55 bits per heavy atom. The predicted molar refractivity (Wildman–Crippen MR) is 128 cm³/mol. The summed E-state index contributed by atoms with van der Waals surface area (Å²) in [7, 11) is 0. The van der Waals surface area contributed by atoms with Crippen molar-refractivity contribution in [2.45, 2.75) is 0 Å². The van der Waals surface area contributed by atoms with Gasteiger partial charge in [0.25, 0.3) is 11.8 Å². The number of hydrogen-bond acceptors (Lipinski definition) is 5. The maximum absolute atomic E-state index is 13.3. The van der Waals surface area contributed by atoms with Crippen molar-refractivity contribution in [1.82, 2.24) is 4.90 Å². The normalized spacial score (nSPS) is 17.9. The number of carbonyl (C=O) groups is 3. The van der Waals surface area contributed by atoms with Crippen LogP contribution >= 0.6 is 35.6 Å². The number of carbonyl (C=O) groups excluding carboxylic acids is 3. The van der Waals surface area contributed by atoms with Crippen molar-refractivity contribution in [1.29, 1.82) is 0 Å². The van der Waals surface area contributed by atoms with E-state index in [4.69, 9.17) is 23.8 Å². The first kappa shape index (κ1) is 21.3. The van der Waals surface area contributed by atoms with E-state index in [2.05, 4.69) is 11.9 Å². The van der Waals surface area contributed by atoms with Crippen molar-refractivity contribution in [2.24, 2.45) is 0 Å². The highest BCUT2D eigenvalue weighted by atomic mass is 35.5. The molecule has 2 aromatic carbocycles. The van der Waals surface area contributed by atoms with Crippen LogP contribution in [-0.2, 0) is 14.4 Å². The molecule has 1 N–H and O–H groups in total. The Hall–Kier alpha value is -2.94. The molecule has 6 nitrogen and oxygen atoms in total. The molecule has 0 aromatic heterocycles. The zero-order valence-electron chi connectivity index (χ0n) is 16.1. The van der Waals surface area contributed by atoms with Crippen LogP contribution in [0.25, 0.3) is 5.57 Å². The molecular formula is C22H16ClN3O3S2. The number of fused-ring (bicyclic) bond motifs is 1. The number of hydrogen-bond donors (Lipinski definition) is 1. The fourth-order valence-electron chi connectivity index (χ4n) is 3.39. The highest BCUT2D eigenvalue weighted by Crippen LogP contribution is 2.44. The molecule has 0 bridgehead atoms. The maximum Gasteiger partial charge on any atom is 0.267 e. The second-order valence-corrected chi connectivity index (χ2v) is 8.76.